The van der Waals surface area contributed by atoms with Crippen LogP contribution in [0.4, 0.5) is 10.7 Å². The van der Waals surface area contributed by atoms with Crippen LogP contribution in [-0.2, 0) is 4.74 Å². The lowest BCUT2D eigenvalue weighted by Gasteiger charge is -2.12. The fraction of sp³-hybridized carbons (Fsp3) is 0.571. The Hall–Kier alpha value is -1.56. The van der Waals surface area contributed by atoms with Crippen LogP contribution in [0.2, 0.25) is 0 Å². The number of methoxy groups -OCH3 is 1. The van der Waals surface area contributed by atoms with Gasteiger partial charge in [0, 0.05) is 12.5 Å². The van der Waals surface area contributed by atoms with Crippen LogP contribution in [0.25, 0.3) is 0 Å². The second-order valence-corrected chi connectivity index (χ2v) is 5.96. The van der Waals surface area contributed by atoms with Gasteiger partial charge in [0.25, 0.3) is 0 Å². The van der Waals surface area contributed by atoms with Gasteiger partial charge >= 0.3 is 5.97 Å². The van der Waals surface area contributed by atoms with Gasteiger partial charge in [0.1, 0.15) is 10.6 Å². The second-order valence-electron chi connectivity index (χ2n) is 4.94. The summed E-state index contributed by atoms with van der Waals surface area (Å²) in [5.41, 5.74) is 6.53. The molecule has 0 atom stereocenters. The van der Waals surface area contributed by atoms with E-state index >= 15 is 0 Å². The van der Waals surface area contributed by atoms with Crippen LogP contribution in [0, 0.1) is 0 Å². The molecule has 2 rings (SSSR count). The number of thiophene rings is 1. The van der Waals surface area contributed by atoms with Gasteiger partial charge in [-0.05, 0) is 12.8 Å². The summed E-state index contributed by atoms with van der Waals surface area (Å²) in [7, 11) is 1.32. The second kappa shape index (κ2) is 6.26. The van der Waals surface area contributed by atoms with Crippen LogP contribution in [-0.4, -0.2) is 24.9 Å². The molecule has 1 heterocycles. The van der Waals surface area contributed by atoms with Crippen LogP contribution in [0.5, 0.6) is 0 Å². The zero-order chi connectivity index (χ0) is 14.7. The van der Waals surface area contributed by atoms with Crippen molar-refractivity contribution in [2.75, 3.05) is 18.2 Å². The number of nitrogens with one attached hydrogen (secondary N) is 1. The lowest BCUT2D eigenvalue weighted by molar-refractivity contribution is 0.0603. The normalized spacial score (nSPS) is 15.3. The molecule has 1 aliphatic carbocycles. The van der Waals surface area contributed by atoms with Crippen molar-refractivity contribution in [2.24, 2.45) is 0 Å². The highest BCUT2D eigenvalue weighted by atomic mass is 32.1. The monoisotopic (exact) mass is 296 g/mol. The van der Waals surface area contributed by atoms with E-state index in [1.165, 1.54) is 31.3 Å². The molecule has 1 fully saturated rings. The zero-order valence-corrected chi connectivity index (χ0v) is 12.6. The van der Waals surface area contributed by atoms with Gasteiger partial charge in [-0.3, -0.25) is 4.79 Å². The van der Waals surface area contributed by atoms with E-state index in [4.69, 9.17) is 10.5 Å². The van der Waals surface area contributed by atoms with Gasteiger partial charge < -0.3 is 15.8 Å². The first-order valence-electron chi connectivity index (χ1n) is 6.88. The van der Waals surface area contributed by atoms with Crippen molar-refractivity contribution in [1.29, 1.82) is 0 Å². The number of Topliss-reactive ketones (excluding diaryl/α,β-unsaturated/α-hetero) is 1. The van der Waals surface area contributed by atoms with Crippen LogP contribution in [0.1, 0.15) is 59.1 Å². The number of nitrogens with two attached hydrogens (primary N) is 1. The summed E-state index contributed by atoms with van der Waals surface area (Å²) < 4.78 is 4.79. The van der Waals surface area contributed by atoms with Gasteiger partial charge in [-0.25, -0.2) is 4.79 Å². The predicted molar refractivity (Wildman–Crippen MR) is 80.6 cm³/mol. The van der Waals surface area contributed by atoms with Gasteiger partial charge in [0.05, 0.1) is 17.7 Å². The topological polar surface area (TPSA) is 81.4 Å². The predicted octanol–water partition coefficient (Wildman–Crippen LogP) is 3.06. The molecule has 0 bridgehead atoms. The largest absolute Gasteiger partial charge is 0.465 e. The van der Waals surface area contributed by atoms with E-state index in [-0.39, 0.29) is 11.5 Å². The number of ketones is 1. The smallest absolute Gasteiger partial charge is 0.343 e. The van der Waals surface area contributed by atoms with Crippen LogP contribution in [0.3, 0.4) is 0 Å². The average Bonchev–Trinajstić information content (AvgIpc) is 3.06. The minimum Gasteiger partial charge on any atom is -0.465 e. The van der Waals surface area contributed by atoms with E-state index in [0.717, 1.165) is 12.8 Å². The highest BCUT2D eigenvalue weighted by Crippen LogP contribution is 2.38. The number of anilines is 2. The van der Waals surface area contributed by atoms with Crippen molar-refractivity contribution < 1.29 is 14.3 Å². The van der Waals surface area contributed by atoms with E-state index in [0.29, 0.717) is 27.9 Å². The Bertz CT molecular complexity index is 519. The van der Waals surface area contributed by atoms with Crippen molar-refractivity contribution in [2.45, 2.75) is 45.1 Å². The molecule has 0 saturated heterocycles. The van der Waals surface area contributed by atoms with Gasteiger partial charge in [-0.1, -0.05) is 19.8 Å². The van der Waals surface area contributed by atoms with E-state index < -0.39 is 5.97 Å². The third-order valence-electron chi connectivity index (χ3n) is 3.60. The number of carbonyl (C=O) groups is 2. The number of rotatable bonds is 5. The summed E-state index contributed by atoms with van der Waals surface area (Å²) in [6.07, 6.45) is 4.90. The fourth-order valence-corrected chi connectivity index (χ4v) is 3.67. The van der Waals surface area contributed by atoms with Crippen molar-refractivity contribution in [3.63, 3.8) is 0 Å². The van der Waals surface area contributed by atoms with Crippen molar-refractivity contribution >= 4 is 33.8 Å². The number of hydrogen-bond acceptors (Lipinski definition) is 6. The standard InChI is InChI=1S/C14H20N2O3S/c1-3-9(17)12-11(15)10(14(18)19-2)13(20-12)16-8-6-4-5-7-8/h8,16H,3-7,15H2,1-2H3. The third-order valence-corrected chi connectivity index (χ3v) is 4.78. The molecule has 0 aliphatic heterocycles. The molecule has 0 radical (unpaired) electrons. The molecule has 1 aliphatic rings. The van der Waals surface area contributed by atoms with Crippen molar-refractivity contribution in [3.8, 4) is 0 Å². The molecule has 1 saturated carbocycles. The van der Waals surface area contributed by atoms with Crippen LogP contribution < -0.4 is 11.1 Å². The minimum atomic E-state index is -0.491. The molecule has 20 heavy (non-hydrogen) atoms. The first-order valence-corrected chi connectivity index (χ1v) is 7.70. The van der Waals surface area contributed by atoms with Crippen LogP contribution >= 0.6 is 11.3 Å². The Morgan fingerprint density at radius 2 is 2.05 bits per heavy atom. The molecule has 1 aromatic rings. The molecule has 3 N–H and O–H groups in total. The van der Waals surface area contributed by atoms with E-state index in [2.05, 4.69) is 5.32 Å². The number of nitrogen functional groups attached to an aromatic ring is 1. The third kappa shape index (κ3) is 2.80. The lowest BCUT2D eigenvalue weighted by Crippen LogP contribution is -2.16. The van der Waals surface area contributed by atoms with Crippen molar-refractivity contribution in [3.05, 3.63) is 10.4 Å². The quantitative estimate of drug-likeness (QED) is 0.644. The van der Waals surface area contributed by atoms with E-state index in [1.54, 1.807) is 6.92 Å². The molecule has 0 aromatic carbocycles. The lowest BCUT2D eigenvalue weighted by atomic mass is 10.1. The summed E-state index contributed by atoms with van der Waals surface area (Å²) in [6.45, 7) is 1.78. The molecule has 0 amide bonds. The molecular weight excluding hydrogens is 276 g/mol. The number of carbonyl (C=O) groups excluding carboxylic acids is 2. The summed E-state index contributed by atoms with van der Waals surface area (Å²) in [5, 5.41) is 4.02. The first kappa shape index (κ1) is 14.8. The average molecular weight is 296 g/mol. The van der Waals surface area contributed by atoms with Gasteiger partial charge in [-0.2, -0.15) is 0 Å². The first-order chi connectivity index (χ1) is 9.58. The highest BCUT2D eigenvalue weighted by molar-refractivity contribution is 7.19. The molecule has 1 aromatic heterocycles. The Morgan fingerprint density at radius 1 is 1.40 bits per heavy atom. The molecule has 6 heteroatoms. The highest BCUT2D eigenvalue weighted by Gasteiger charge is 2.27. The number of hydrogen-bond donors (Lipinski definition) is 2. The maximum Gasteiger partial charge on any atom is 0.343 e. The van der Waals surface area contributed by atoms with Crippen LogP contribution in [0.15, 0.2) is 0 Å². The van der Waals surface area contributed by atoms with E-state index in [9.17, 15) is 9.59 Å². The van der Waals surface area contributed by atoms with Gasteiger partial charge in [0.15, 0.2) is 5.78 Å². The Morgan fingerprint density at radius 3 is 2.60 bits per heavy atom. The maximum atomic E-state index is 11.9. The fourth-order valence-electron chi connectivity index (χ4n) is 2.47. The summed E-state index contributed by atoms with van der Waals surface area (Å²) >= 11 is 1.26. The SMILES string of the molecule is CCC(=O)c1sc(NC2CCCC2)c(C(=O)OC)c1N. The number of ether oxygens (including phenoxy) is 1. The van der Waals surface area contributed by atoms with Gasteiger partial charge in [-0.15, -0.1) is 11.3 Å². The maximum absolute atomic E-state index is 11.9. The Labute approximate surface area is 122 Å². The van der Waals surface area contributed by atoms with Crippen molar-refractivity contribution in [1.82, 2.24) is 0 Å². The molecule has 0 spiro atoms. The van der Waals surface area contributed by atoms with E-state index in [1.807, 2.05) is 0 Å². The molecule has 110 valence electrons. The molecular formula is C14H20N2O3S. The molecule has 5 nitrogen and oxygen atoms in total. The zero-order valence-electron chi connectivity index (χ0n) is 11.8. The summed E-state index contributed by atoms with van der Waals surface area (Å²) in [4.78, 5) is 24.3. The summed E-state index contributed by atoms with van der Waals surface area (Å²) in [6, 6.07) is 0.348. The molecule has 0 unspecified atom stereocenters. The Kier molecular flexibility index (Phi) is 4.65. The minimum absolute atomic E-state index is 0.0443. The number of esters is 1. The Balaban J connectivity index is 2.36. The summed E-state index contributed by atoms with van der Waals surface area (Å²) in [5.74, 6) is -0.536. The van der Waals surface area contributed by atoms with Gasteiger partial charge in [0.2, 0.25) is 0 Å².